The average molecular weight is 186 g/mol. The number of benzene rings is 1. The van der Waals surface area contributed by atoms with Crippen molar-refractivity contribution in [3.05, 3.63) is 40.5 Å². The third kappa shape index (κ3) is 1.50. The molecule has 0 atom stereocenters. The predicted octanol–water partition coefficient (Wildman–Crippen LogP) is 3.86. The first-order chi connectivity index (χ1) is 6.48. The van der Waals surface area contributed by atoms with Crippen molar-refractivity contribution in [3.8, 4) is 0 Å². The van der Waals surface area contributed by atoms with E-state index in [9.17, 15) is 0 Å². The predicted molar refractivity (Wildman–Crippen MR) is 62.6 cm³/mol. The van der Waals surface area contributed by atoms with Crippen molar-refractivity contribution >= 4 is 6.08 Å². The molecule has 14 heavy (non-hydrogen) atoms. The van der Waals surface area contributed by atoms with E-state index < -0.39 is 0 Å². The van der Waals surface area contributed by atoms with Gasteiger partial charge in [-0.1, -0.05) is 45.1 Å². The van der Waals surface area contributed by atoms with Gasteiger partial charge in [0.05, 0.1) is 0 Å². The Morgan fingerprint density at radius 3 is 2.50 bits per heavy atom. The van der Waals surface area contributed by atoms with E-state index in [0.29, 0.717) is 0 Å². The van der Waals surface area contributed by atoms with E-state index in [4.69, 9.17) is 0 Å². The Balaban J connectivity index is 2.55. The van der Waals surface area contributed by atoms with E-state index in [-0.39, 0.29) is 5.41 Å². The fourth-order valence-electron chi connectivity index (χ4n) is 2.02. The minimum atomic E-state index is 0.266. The van der Waals surface area contributed by atoms with Crippen LogP contribution in [-0.2, 0) is 11.8 Å². The summed E-state index contributed by atoms with van der Waals surface area (Å²) < 4.78 is 0. The van der Waals surface area contributed by atoms with Gasteiger partial charge in [0, 0.05) is 0 Å². The van der Waals surface area contributed by atoms with Crippen LogP contribution < -0.4 is 0 Å². The van der Waals surface area contributed by atoms with E-state index in [0.717, 1.165) is 6.42 Å². The SMILES string of the molecule is Cc1cc(C(C)(C)C)cc2c1C=CC2. The molecule has 0 aliphatic heterocycles. The summed E-state index contributed by atoms with van der Waals surface area (Å²) in [5, 5.41) is 0. The first kappa shape index (κ1) is 9.51. The molecule has 0 bridgehead atoms. The van der Waals surface area contributed by atoms with Gasteiger partial charge in [-0.05, 0) is 41.0 Å². The van der Waals surface area contributed by atoms with Crippen LogP contribution in [0.2, 0.25) is 0 Å². The van der Waals surface area contributed by atoms with Crippen LogP contribution in [0.15, 0.2) is 18.2 Å². The highest BCUT2D eigenvalue weighted by Gasteiger charge is 2.17. The van der Waals surface area contributed by atoms with Crippen molar-refractivity contribution < 1.29 is 0 Å². The molecular formula is C14H18. The molecule has 0 saturated heterocycles. The molecule has 2 rings (SSSR count). The fraction of sp³-hybridized carbons (Fsp3) is 0.429. The van der Waals surface area contributed by atoms with Crippen LogP contribution in [0.3, 0.4) is 0 Å². The van der Waals surface area contributed by atoms with Gasteiger partial charge in [0.25, 0.3) is 0 Å². The molecule has 0 saturated carbocycles. The molecule has 0 aromatic heterocycles. The Bertz CT molecular complexity index is 389. The summed E-state index contributed by atoms with van der Waals surface area (Å²) >= 11 is 0. The molecule has 1 aromatic rings. The van der Waals surface area contributed by atoms with E-state index in [2.05, 4.69) is 52.0 Å². The van der Waals surface area contributed by atoms with Gasteiger partial charge in [0.2, 0.25) is 0 Å². The third-order valence-electron chi connectivity index (χ3n) is 2.96. The zero-order chi connectivity index (χ0) is 10.3. The summed E-state index contributed by atoms with van der Waals surface area (Å²) in [5.74, 6) is 0. The Morgan fingerprint density at radius 1 is 1.14 bits per heavy atom. The van der Waals surface area contributed by atoms with Gasteiger partial charge in [-0.25, -0.2) is 0 Å². The van der Waals surface area contributed by atoms with Gasteiger partial charge in [-0.2, -0.15) is 0 Å². The van der Waals surface area contributed by atoms with Crippen LogP contribution >= 0.6 is 0 Å². The minimum absolute atomic E-state index is 0.266. The molecule has 0 radical (unpaired) electrons. The van der Waals surface area contributed by atoms with Crippen LogP contribution in [0.4, 0.5) is 0 Å². The monoisotopic (exact) mass is 186 g/mol. The molecule has 0 nitrogen and oxygen atoms in total. The Morgan fingerprint density at radius 2 is 1.86 bits per heavy atom. The molecule has 0 amide bonds. The lowest BCUT2D eigenvalue weighted by Crippen LogP contribution is -2.12. The number of fused-ring (bicyclic) bond motifs is 1. The number of rotatable bonds is 0. The summed E-state index contributed by atoms with van der Waals surface area (Å²) in [4.78, 5) is 0. The summed E-state index contributed by atoms with van der Waals surface area (Å²) in [7, 11) is 0. The van der Waals surface area contributed by atoms with Crippen LogP contribution in [0, 0.1) is 6.92 Å². The van der Waals surface area contributed by atoms with Crippen LogP contribution in [0.25, 0.3) is 6.08 Å². The normalized spacial score (nSPS) is 14.6. The van der Waals surface area contributed by atoms with Gasteiger partial charge in [-0.15, -0.1) is 0 Å². The molecule has 0 N–H and O–H groups in total. The summed E-state index contributed by atoms with van der Waals surface area (Å²) in [6.07, 6.45) is 5.61. The van der Waals surface area contributed by atoms with Gasteiger partial charge < -0.3 is 0 Å². The number of hydrogen-bond acceptors (Lipinski definition) is 0. The van der Waals surface area contributed by atoms with Crippen LogP contribution in [-0.4, -0.2) is 0 Å². The molecule has 0 spiro atoms. The Hall–Kier alpha value is -1.04. The third-order valence-corrected chi connectivity index (χ3v) is 2.96. The quantitative estimate of drug-likeness (QED) is 0.577. The molecule has 0 fully saturated rings. The highest BCUT2D eigenvalue weighted by atomic mass is 14.2. The molecule has 0 unspecified atom stereocenters. The van der Waals surface area contributed by atoms with Crippen molar-refractivity contribution in [2.24, 2.45) is 0 Å². The van der Waals surface area contributed by atoms with Gasteiger partial charge in [-0.3, -0.25) is 0 Å². The maximum absolute atomic E-state index is 2.36. The molecule has 1 aromatic carbocycles. The topological polar surface area (TPSA) is 0 Å². The van der Waals surface area contributed by atoms with Crippen LogP contribution in [0.1, 0.15) is 43.0 Å². The Labute approximate surface area is 86.7 Å². The molecule has 0 heteroatoms. The zero-order valence-corrected chi connectivity index (χ0v) is 9.52. The molecule has 1 aliphatic carbocycles. The van der Waals surface area contributed by atoms with Crippen molar-refractivity contribution in [2.45, 2.75) is 39.5 Å². The smallest absolute Gasteiger partial charge is 0.00880 e. The largest absolute Gasteiger partial charge is 0.0795 e. The maximum Gasteiger partial charge on any atom is -0.00880 e. The first-order valence-corrected chi connectivity index (χ1v) is 5.29. The van der Waals surface area contributed by atoms with E-state index in [1.54, 1.807) is 0 Å². The molecule has 0 heterocycles. The van der Waals surface area contributed by atoms with Crippen molar-refractivity contribution in [1.29, 1.82) is 0 Å². The minimum Gasteiger partial charge on any atom is -0.0795 e. The van der Waals surface area contributed by atoms with E-state index in [1.165, 1.54) is 22.3 Å². The molecular weight excluding hydrogens is 168 g/mol. The number of aryl methyl sites for hydroxylation is 1. The first-order valence-electron chi connectivity index (χ1n) is 5.29. The van der Waals surface area contributed by atoms with Crippen LogP contribution in [0.5, 0.6) is 0 Å². The van der Waals surface area contributed by atoms with Gasteiger partial charge >= 0.3 is 0 Å². The summed E-state index contributed by atoms with van der Waals surface area (Å²) in [5.41, 5.74) is 6.08. The molecule has 74 valence electrons. The second kappa shape index (κ2) is 2.98. The van der Waals surface area contributed by atoms with Crippen molar-refractivity contribution in [3.63, 3.8) is 0 Å². The lowest BCUT2D eigenvalue weighted by Gasteiger charge is -2.21. The zero-order valence-electron chi connectivity index (χ0n) is 9.52. The van der Waals surface area contributed by atoms with E-state index >= 15 is 0 Å². The fourth-order valence-corrected chi connectivity index (χ4v) is 2.02. The number of hydrogen-bond donors (Lipinski definition) is 0. The maximum atomic E-state index is 2.36. The van der Waals surface area contributed by atoms with Gasteiger partial charge in [0.15, 0.2) is 0 Å². The highest BCUT2D eigenvalue weighted by Crippen LogP contribution is 2.30. The Kier molecular flexibility index (Phi) is 2.02. The number of allylic oxidation sites excluding steroid dienone is 1. The summed E-state index contributed by atoms with van der Waals surface area (Å²) in [6.45, 7) is 9.04. The second-order valence-electron chi connectivity index (χ2n) is 5.22. The highest BCUT2D eigenvalue weighted by molar-refractivity contribution is 5.64. The lowest BCUT2D eigenvalue weighted by atomic mass is 9.84. The standard InChI is InChI=1S/C14H18/c1-10-8-12(14(2,3)4)9-11-6-5-7-13(10)11/h5,7-9H,6H2,1-4H3. The lowest BCUT2D eigenvalue weighted by molar-refractivity contribution is 0.589. The average Bonchev–Trinajstić information content (AvgIpc) is 2.50. The van der Waals surface area contributed by atoms with Crippen molar-refractivity contribution in [2.75, 3.05) is 0 Å². The second-order valence-corrected chi connectivity index (χ2v) is 5.22. The summed E-state index contributed by atoms with van der Waals surface area (Å²) in [6, 6.07) is 4.69. The molecule has 1 aliphatic rings. The van der Waals surface area contributed by atoms with Gasteiger partial charge in [0.1, 0.15) is 0 Å². The van der Waals surface area contributed by atoms with Crippen molar-refractivity contribution in [1.82, 2.24) is 0 Å². The van der Waals surface area contributed by atoms with E-state index in [1.807, 2.05) is 0 Å².